The van der Waals surface area contributed by atoms with Gasteiger partial charge < -0.3 is 0 Å². The number of nitrogens with zero attached hydrogens (tertiary/aromatic N) is 1. The summed E-state index contributed by atoms with van der Waals surface area (Å²) in [6, 6.07) is -0.456. The van der Waals surface area contributed by atoms with Crippen LogP contribution in [0.4, 0.5) is 12.6 Å². The average molecular weight is 175 g/mol. The van der Waals surface area contributed by atoms with E-state index in [0.29, 0.717) is 11.3 Å². The molecule has 0 aromatic carbocycles. The fraction of sp³-hybridized carbons (Fsp3) is 1.00. The Morgan fingerprint density at radius 1 is 1.20 bits per heavy atom. The summed E-state index contributed by atoms with van der Waals surface area (Å²) in [5.41, 5.74) is 0. The molecule has 0 bridgehead atoms. The standard InChI is InChI=1S/C5H13F3NP/c1-5(2)9(3)10(4,6,7)8/h5H,1-4H3. The molecule has 0 spiro atoms. The molecule has 0 aliphatic rings. The molecule has 1 nitrogen and oxygen atoms in total. The molecular weight excluding hydrogens is 162 g/mol. The molecule has 64 valence electrons. The molecule has 0 saturated carbocycles. The Balaban J connectivity index is 4.35. The van der Waals surface area contributed by atoms with Gasteiger partial charge in [0.25, 0.3) is 0 Å². The van der Waals surface area contributed by atoms with Crippen molar-refractivity contribution in [2.24, 2.45) is 0 Å². The minimum absolute atomic E-state index is 0.381. The second-order valence-electron chi connectivity index (χ2n) is 2.79. The van der Waals surface area contributed by atoms with Gasteiger partial charge in [0, 0.05) is 0 Å². The van der Waals surface area contributed by atoms with Crippen LogP contribution in [0.25, 0.3) is 0 Å². The summed E-state index contributed by atoms with van der Waals surface area (Å²) in [7, 11) is -4.85. The molecule has 0 fully saturated rings. The molecule has 10 heavy (non-hydrogen) atoms. The van der Waals surface area contributed by atoms with Crippen LogP contribution in [0.2, 0.25) is 0 Å². The Bertz CT molecular complexity index is 119. The normalized spacial score (nSPS) is 17.5. The summed E-state index contributed by atoms with van der Waals surface area (Å²) in [5.74, 6) is 0. The summed E-state index contributed by atoms with van der Waals surface area (Å²) >= 11 is 0. The molecule has 0 unspecified atom stereocenters. The topological polar surface area (TPSA) is 3.24 Å². The van der Waals surface area contributed by atoms with Crippen LogP contribution in [0, 0.1) is 0 Å². The third-order valence-corrected chi connectivity index (χ3v) is 3.23. The van der Waals surface area contributed by atoms with Crippen molar-refractivity contribution in [2.75, 3.05) is 13.7 Å². The monoisotopic (exact) mass is 175 g/mol. The Hall–Kier alpha value is 0.180. The van der Waals surface area contributed by atoms with Gasteiger partial charge in [-0.3, -0.25) is 0 Å². The van der Waals surface area contributed by atoms with E-state index < -0.39 is 13.7 Å². The van der Waals surface area contributed by atoms with Crippen LogP contribution in [0.5, 0.6) is 0 Å². The summed E-state index contributed by atoms with van der Waals surface area (Å²) in [5, 5.41) is 0. The van der Waals surface area contributed by atoms with Crippen molar-refractivity contribution < 1.29 is 12.6 Å². The van der Waals surface area contributed by atoms with Crippen molar-refractivity contribution in [1.82, 2.24) is 4.67 Å². The van der Waals surface area contributed by atoms with Crippen LogP contribution in [0.1, 0.15) is 13.8 Å². The summed E-state index contributed by atoms with van der Waals surface area (Å²) < 4.78 is 37.8. The van der Waals surface area contributed by atoms with Gasteiger partial charge in [0.2, 0.25) is 0 Å². The fourth-order valence-corrected chi connectivity index (χ4v) is 1.48. The van der Waals surface area contributed by atoms with Gasteiger partial charge >= 0.3 is 58.5 Å². The SMILES string of the molecule is CC(C)N(C)P(C)(F)(F)F. The van der Waals surface area contributed by atoms with Gasteiger partial charge in [-0.15, -0.1) is 0 Å². The number of hydrogen-bond acceptors (Lipinski definition) is 1. The Labute approximate surface area is 59.5 Å². The zero-order valence-electron chi connectivity index (χ0n) is 6.61. The van der Waals surface area contributed by atoms with Gasteiger partial charge in [-0.25, -0.2) is 0 Å². The van der Waals surface area contributed by atoms with E-state index in [2.05, 4.69) is 0 Å². The van der Waals surface area contributed by atoms with Crippen LogP contribution in [0.3, 0.4) is 0 Å². The first-order valence-electron chi connectivity index (χ1n) is 3.01. The van der Waals surface area contributed by atoms with Crippen molar-refractivity contribution in [3.8, 4) is 0 Å². The van der Waals surface area contributed by atoms with E-state index in [1.165, 1.54) is 13.8 Å². The van der Waals surface area contributed by atoms with E-state index in [1.807, 2.05) is 0 Å². The van der Waals surface area contributed by atoms with Gasteiger partial charge in [0.1, 0.15) is 0 Å². The molecule has 0 heterocycles. The van der Waals surface area contributed by atoms with Crippen molar-refractivity contribution in [3.63, 3.8) is 0 Å². The van der Waals surface area contributed by atoms with Crippen LogP contribution in [-0.2, 0) is 0 Å². The van der Waals surface area contributed by atoms with Crippen molar-refractivity contribution >= 4 is 7.69 Å². The number of hydrogen-bond donors (Lipinski definition) is 0. The maximum atomic E-state index is 12.4. The van der Waals surface area contributed by atoms with E-state index in [1.54, 1.807) is 0 Å². The second-order valence-corrected chi connectivity index (χ2v) is 5.67. The van der Waals surface area contributed by atoms with Gasteiger partial charge in [-0.05, 0) is 0 Å². The first kappa shape index (κ1) is 10.2. The molecule has 0 aliphatic carbocycles. The zero-order valence-corrected chi connectivity index (χ0v) is 7.50. The first-order chi connectivity index (χ1) is 4.11. The third-order valence-electron chi connectivity index (χ3n) is 1.42. The van der Waals surface area contributed by atoms with Gasteiger partial charge in [0.15, 0.2) is 0 Å². The molecule has 5 heteroatoms. The molecule has 0 aliphatic heterocycles. The van der Waals surface area contributed by atoms with Crippen LogP contribution < -0.4 is 0 Å². The van der Waals surface area contributed by atoms with E-state index >= 15 is 0 Å². The van der Waals surface area contributed by atoms with Gasteiger partial charge in [0.05, 0.1) is 0 Å². The van der Waals surface area contributed by atoms with Crippen molar-refractivity contribution in [2.45, 2.75) is 19.9 Å². The Kier molecular flexibility index (Phi) is 2.39. The molecule has 0 N–H and O–H groups in total. The third kappa shape index (κ3) is 2.84. The van der Waals surface area contributed by atoms with Crippen LogP contribution in [0.15, 0.2) is 0 Å². The summed E-state index contributed by atoms with van der Waals surface area (Å²) in [4.78, 5) is 0. The second kappa shape index (κ2) is 2.35. The zero-order chi connectivity index (χ0) is 8.60. The molecule has 0 saturated heterocycles. The molecule has 0 aromatic heterocycles. The van der Waals surface area contributed by atoms with E-state index in [0.717, 1.165) is 7.05 Å². The van der Waals surface area contributed by atoms with Gasteiger partial charge in [-0.2, -0.15) is 0 Å². The fourth-order valence-electron chi connectivity index (χ4n) is 0.493. The minimum atomic E-state index is -5.95. The first-order valence-corrected chi connectivity index (χ1v) is 5.32. The maximum absolute atomic E-state index is 12.4. The predicted molar refractivity (Wildman–Crippen MR) is 39.1 cm³/mol. The summed E-state index contributed by atoms with van der Waals surface area (Å²) in [6.45, 7) is 3.44. The molecule has 0 rings (SSSR count). The predicted octanol–water partition coefficient (Wildman–Crippen LogP) is 3.08. The van der Waals surface area contributed by atoms with E-state index in [-0.39, 0.29) is 0 Å². The molecule has 0 amide bonds. The van der Waals surface area contributed by atoms with Crippen LogP contribution >= 0.6 is 7.69 Å². The molecule has 0 aromatic rings. The van der Waals surface area contributed by atoms with Crippen molar-refractivity contribution in [3.05, 3.63) is 0 Å². The molecule has 0 radical (unpaired) electrons. The summed E-state index contributed by atoms with van der Waals surface area (Å²) in [6.07, 6.45) is 0. The average Bonchev–Trinajstić information content (AvgIpc) is 1.59. The van der Waals surface area contributed by atoms with E-state index in [4.69, 9.17) is 0 Å². The number of rotatable bonds is 2. The Morgan fingerprint density at radius 2 is 1.50 bits per heavy atom. The van der Waals surface area contributed by atoms with Crippen molar-refractivity contribution in [1.29, 1.82) is 0 Å². The van der Waals surface area contributed by atoms with Gasteiger partial charge in [-0.1, -0.05) is 0 Å². The number of halogens is 3. The van der Waals surface area contributed by atoms with E-state index in [9.17, 15) is 12.6 Å². The molecule has 0 atom stereocenters. The quantitative estimate of drug-likeness (QED) is 0.583. The molecular formula is C5H13F3NP. The van der Waals surface area contributed by atoms with Crippen LogP contribution in [-0.4, -0.2) is 24.4 Å². The Morgan fingerprint density at radius 3 is 1.50 bits per heavy atom.